The number of rotatable bonds is 10. The molecule has 1 aromatic rings. The Morgan fingerprint density at radius 3 is 2.18 bits per heavy atom. The average Bonchev–Trinajstić information content (AvgIpc) is 3.08. The molecule has 0 aromatic heterocycles. The van der Waals surface area contributed by atoms with Crippen LogP contribution in [-0.2, 0) is 27.4 Å². The highest BCUT2D eigenvalue weighted by molar-refractivity contribution is 6.74. The number of cyclic esters (lactones) is 1. The molecule has 2 rings (SSSR count). The molecule has 0 fully saturated rings. The van der Waals surface area contributed by atoms with Gasteiger partial charge in [0.25, 0.3) is 8.32 Å². The Bertz CT molecular complexity index is 1000. The lowest BCUT2D eigenvalue weighted by molar-refractivity contribution is -0.140. The van der Waals surface area contributed by atoms with Crippen LogP contribution in [0.3, 0.4) is 0 Å². The van der Waals surface area contributed by atoms with Crippen LogP contribution in [-0.4, -0.2) is 43.5 Å². The molecule has 0 spiro atoms. The van der Waals surface area contributed by atoms with Gasteiger partial charge in [-0.3, -0.25) is 9.59 Å². The third kappa shape index (κ3) is 5.81. The van der Waals surface area contributed by atoms with Gasteiger partial charge in [0.05, 0.1) is 20.0 Å². The Balaban J connectivity index is 2.66. The lowest BCUT2D eigenvalue weighted by Gasteiger charge is -2.37. The Kier molecular flexibility index (Phi) is 8.24. The molecule has 188 valence electrons. The van der Waals surface area contributed by atoms with Crippen molar-refractivity contribution < 1.29 is 38.5 Å². The zero-order valence-corrected chi connectivity index (χ0v) is 22.3. The highest BCUT2D eigenvalue weighted by atomic mass is 28.4. The maximum atomic E-state index is 12.7. The smallest absolute Gasteiger partial charge is 0.342 e. The summed E-state index contributed by atoms with van der Waals surface area (Å²) in [6.45, 7) is 14.2. The molecular weight excluding hydrogens is 456 g/mol. The number of allylic oxidation sites excluding steroid dienone is 2. The van der Waals surface area contributed by atoms with E-state index in [1.165, 1.54) is 0 Å². The highest BCUT2D eigenvalue weighted by Crippen LogP contribution is 2.46. The van der Waals surface area contributed by atoms with E-state index in [9.17, 15) is 24.6 Å². The molecule has 1 aliphatic rings. The van der Waals surface area contributed by atoms with Gasteiger partial charge in [-0.2, -0.15) is 0 Å². The van der Waals surface area contributed by atoms with E-state index in [1.54, 1.807) is 20.1 Å². The van der Waals surface area contributed by atoms with Crippen LogP contribution in [0.4, 0.5) is 0 Å². The van der Waals surface area contributed by atoms with Crippen molar-refractivity contribution in [2.24, 2.45) is 5.92 Å². The van der Waals surface area contributed by atoms with Gasteiger partial charge in [-0.25, -0.2) is 4.79 Å². The van der Waals surface area contributed by atoms with Crippen molar-refractivity contribution in [1.82, 2.24) is 0 Å². The highest BCUT2D eigenvalue weighted by Gasteiger charge is 2.42. The maximum Gasteiger partial charge on any atom is 0.342 e. The van der Waals surface area contributed by atoms with E-state index in [0.29, 0.717) is 28.2 Å². The summed E-state index contributed by atoms with van der Waals surface area (Å²) in [7, 11) is -0.808. The molecule has 9 heteroatoms. The number of hydrogen-bond acceptors (Lipinski definition) is 6. The first-order chi connectivity index (χ1) is 15.6. The first-order valence-electron chi connectivity index (χ1n) is 11.3. The number of methoxy groups -OCH3 is 1. The summed E-state index contributed by atoms with van der Waals surface area (Å²) in [4.78, 5) is 35.3. The first-order valence-corrected chi connectivity index (χ1v) is 14.2. The van der Waals surface area contributed by atoms with Gasteiger partial charge in [0.15, 0.2) is 0 Å². The van der Waals surface area contributed by atoms with Crippen LogP contribution in [0.5, 0.6) is 11.5 Å². The number of carboxylic acids is 2. The van der Waals surface area contributed by atoms with Crippen molar-refractivity contribution in [2.75, 3.05) is 7.11 Å². The largest absolute Gasteiger partial charge is 0.543 e. The van der Waals surface area contributed by atoms with Crippen molar-refractivity contribution in [3.05, 3.63) is 33.9 Å². The number of benzene rings is 1. The van der Waals surface area contributed by atoms with Gasteiger partial charge >= 0.3 is 17.9 Å². The number of carbonyl (C=O) groups is 3. The van der Waals surface area contributed by atoms with Gasteiger partial charge in [-0.05, 0) is 44.0 Å². The number of esters is 1. The molecule has 8 nitrogen and oxygen atoms in total. The van der Waals surface area contributed by atoms with Crippen molar-refractivity contribution in [3.63, 3.8) is 0 Å². The van der Waals surface area contributed by atoms with E-state index in [4.69, 9.17) is 13.9 Å². The molecule has 0 radical (unpaired) electrons. The summed E-state index contributed by atoms with van der Waals surface area (Å²) >= 11 is 0. The van der Waals surface area contributed by atoms with Crippen LogP contribution in [0.25, 0.3) is 0 Å². The van der Waals surface area contributed by atoms with Gasteiger partial charge in [-0.15, -0.1) is 0 Å². The monoisotopic (exact) mass is 492 g/mol. The Morgan fingerprint density at radius 2 is 1.71 bits per heavy atom. The Morgan fingerprint density at radius 1 is 1.15 bits per heavy atom. The van der Waals surface area contributed by atoms with Crippen molar-refractivity contribution in [3.8, 4) is 11.5 Å². The normalized spacial score (nSPS) is 14.1. The van der Waals surface area contributed by atoms with Crippen molar-refractivity contribution >= 4 is 26.2 Å². The minimum atomic E-state index is -2.36. The number of ether oxygens (including phenoxy) is 2. The second kappa shape index (κ2) is 10.2. The number of hydrogen-bond donors (Lipinski definition) is 2. The summed E-state index contributed by atoms with van der Waals surface area (Å²) in [6, 6.07) is 0. The first kappa shape index (κ1) is 27.4. The Labute approximate surface area is 202 Å². The fourth-order valence-electron chi connectivity index (χ4n) is 3.78. The maximum absolute atomic E-state index is 12.7. The van der Waals surface area contributed by atoms with Crippen LogP contribution in [0.15, 0.2) is 11.6 Å². The van der Waals surface area contributed by atoms with Crippen LogP contribution >= 0.6 is 0 Å². The fraction of sp³-hybridized carbons (Fsp3) is 0.560. The van der Waals surface area contributed by atoms with Crippen molar-refractivity contribution in [1.29, 1.82) is 0 Å². The topological polar surface area (TPSA) is 119 Å². The summed E-state index contributed by atoms with van der Waals surface area (Å²) in [6.07, 6.45) is 1.53. The molecule has 1 aromatic carbocycles. The molecule has 0 amide bonds. The predicted molar refractivity (Wildman–Crippen MR) is 130 cm³/mol. The predicted octanol–water partition coefficient (Wildman–Crippen LogP) is 5.11. The molecule has 1 heterocycles. The molecule has 0 saturated carbocycles. The minimum Gasteiger partial charge on any atom is -0.543 e. The second-order valence-corrected chi connectivity index (χ2v) is 15.0. The van der Waals surface area contributed by atoms with Crippen LogP contribution < -0.4 is 9.16 Å². The van der Waals surface area contributed by atoms with Gasteiger partial charge in [-0.1, -0.05) is 32.4 Å². The van der Waals surface area contributed by atoms with Gasteiger partial charge in [0.1, 0.15) is 23.7 Å². The number of aliphatic carboxylic acids is 2. The lowest BCUT2D eigenvalue weighted by Crippen LogP contribution is -2.44. The fourth-order valence-corrected chi connectivity index (χ4v) is 4.82. The van der Waals surface area contributed by atoms with Crippen LogP contribution in [0.2, 0.25) is 18.1 Å². The van der Waals surface area contributed by atoms with E-state index >= 15 is 0 Å². The second-order valence-electron chi connectivity index (χ2n) is 10.3. The van der Waals surface area contributed by atoms with E-state index < -0.39 is 32.1 Å². The van der Waals surface area contributed by atoms with E-state index in [2.05, 4.69) is 33.9 Å². The molecule has 0 aliphatic carbocycles. The minimum absolute atomic E-state index is 0.127. The molecule has 34 heavy (non-hydrogen) atoms. The average molecular weight is 493 g/mol. The van der Waals surface area contributed by atoms with E-state index in [0.717, 1.165) is 11.1 Å². The van der Waals surface area contributed by atoms with Crippen LogP contribution in [0, 0.1) is 12.8 Å². The Hall–Kier alpha value is -2.81. The van der Waals surface area contributed by atoms with Gasteiger partial charge in [0.2, 0.25) is 0 Å². The van der Waals surface area contributed by atoms with E-state index in [1.807, 2.05) is 6.92 Å². The molecule has 0 saturated heterocycles. The lowest BCUT2D eigenvalue weighted by atomic mass is 9.90. The summed E-state index contributed by atoms with van der Waals surface area (Å²) in [5.74, 6) is -2.17. The molecule has 0 bridgehead atoms. The van der Waals surface area contributed by atoms with E-state index in [-0.39, 0.29) is 30.9 Å². The number of fused-ring (bicyclic) bond motifs is 1. The SMILES string of the molecule is COc1c(C)c2c(c(O[Si](C)(C)C(C)(C)C)c1C/C=C(\C)C(CC(=O)O)CC(=O)O)C(=O)OC2. The number of carbonyl (C=O) groups excluding carboxylic acids is 1. The third-order valence-corrected chi connectivity index (χ3v) is 11.2. The van der Waals surface area contributed by atoms with Gasteiger partial charge < -0.3 is 24.1 Å². The summed E-state index contributed by atoms with van der Waals surface area (Å²) < 4.78 is 17.8. The zero-order valence-electron chi connectivity index (χ0n) is 21.3. The third-order valence-electron chi connectivity index (χ3n) is 6.90. The summed E-state index contributed by atoms with van der Waals surface area (Å²) in [5, 5.41) is 18.3. The molecule has 2 N–H and O–H groups in total. The molecule has 0 unspecified atom stereocenters. The molecule has 1 aliphatic heterocycles. The molecule has 0 atom stereocenters. The number of carboxylic acid groups (broad SMARTS) is 2. The quantitative estimate of drug-likeness (QED) is 0.263. The van der Waals surface area contributed by atoms with Crippen LogP contribution in [0.1, 0.15) is 67.6 Å². The standard InChI is InChI=1S/C25H36O8Si/c1-14(16(11-19(26)27)12-20(28)29)9-10-17-22(31-6)15(2)18-13-32-24(30)21(18)23(17)33-34(7,8)25(3,4)5/h9,16H,10-13H2,1-8H3,(H,26,27)(H,28,29)/b14-9+. The molecular formula is C25H36O8Si. The zero-order chi connectivity index (χ0) is 26.0. The summed E-state index contributed by atoms with van der Waals surface area (Å²) in [5.41, 5.74) is 3.27. The van der Waals surface area contributed by atoms with Gasteiger partial charge in [0, 0.05) is 17.0 Å². The van der Waals surface area contributed by atoms with Crippen molar-refractivity contribution in [2.45, 2.75) is 78.6 Å².